The molecule has 3 nitrogen and oxygen atoms in total. The Kier molecular flexibility index (Phi) is 3.11. The number of nitrogens with zero attached hydrogens (tertiary/aromatic N) is 2. The number of rotatable bonds is 2. The minimum absolute atomic E-state index is 0.598. The van der Waals surface area contributed by atoms with E-state index in [0.717, 1.165) is 30.3 Å². The van der Waals surface area contributed by atoms with Crippen LogP contribution in [0.2, 0.25) is 0 Å². The molecule has 1 atom stereocenters. The van der Waals surface area contributed by atoms with Gasteiger partial charge in [0.25, 0.3) is 0 Å². The number of nitrogens with one attached hydrogen (secondary N) is 1. The Morgan fingerprint density at radius 3 is 3.25 bits per heavy atom. The molecule has 2 aliphatic heterocycles. The van der Waals surface area contributed by atoms with Crippen LogP contribution in [0.25, 0.3) is 0 Å². The largest absolute Gasteiger partial charge is 0.314 e. The van der Waals surface area contributed by atoms with E-state index in [1.165, 1.54) is 30.5 Å². The lowest BCUT2D eigenvalue weighted by molar-refractivity contribution is 0.394. The van der Waals surface area contributed by atoms with E-state index >= 15 is 0 Å². The van der Waals surface area contributed by atoms with Gasteiger partial charge in [0, 0.05) is 35.7 Å². The highest BCUT2D eigenvalue weighted by Crippen LogP contribution is 2.27. The van der Waals surface area contributed by atoms with E-state index in [0.29, 0.717) is 6.04 Å². The van der Waals surface area contributed by atoms with Crippen LogP contribution in [0.3, 0.4) is 0 Å². The number of piperidine rings is 1. The predicted molar refractivity (Wildman–Crippen MR) is 66.4 cm³/mol. The Bertz CT molecular complexity index is 375. The molecule has 1 aromatic rings. The van der Waals surface area contributed by atoms with Crippen molar-refractivity contribution < 1.29 is 0 Å². The third-order valence-electron chi connectivity index (χ3n) is 3.34. The summed E-state index contributed by atoms with van der Waals surface area (Å²) in [6.45, 7) is 1.16. The van der Waals surface area contributed by atoms with Crippen molar-refractivity contribution >= 4 is 11.8 Å². The van der Waals surface area contributed by atoms with Crippen LogP contribution in [0, 0.1) is 0 Å². The van der Waals surface area contributed by atoms with Crippen molar-refractivity contribution in [2.75, 3.05) is 6.54 Å². The molecule has 0 bridgehead atoms. The van der Waals surface area contributed by atoms with Gasteiger partial charge in [-0.15, -0.1) is 0 Å². The SMILES string of the molecule is c1nc(CC2CCCCN2)nc2c1CSC2. The number of fused-ring (bicyclic) bond motifs is 1. The quantitative estimate of drug-likeness (QED) is 0.849. The summed E-state index contributed by atoms with van der Waals surface area (Å²) >= 11 is 1.94. The van der Waals surface area contributed by atoms with E-state index < -0.39 is 0 Å². The monoisotopic (exact) mass is 235 g/mol. The molecule has 1 aromatic heterocycles. The molecule has 2 aliphatic rings. The van der Waals surface area contributed by atoms with Gasteiger partial charge in [0.15, 0.2) is 0 Å². The average molecular weight is 235 g/mol. The van der Waals surface area contributed by atoms with Crippen LogP contribution in [0.1, 0.15) is 36.3 Å². The van der Waals surface area contributed by atoms with Crippen LogP contribution in [-0.4, -0.2) is 22.6 Å². The molecule has 3 heterocycles. The zero-order chi connectivity index (χ0) is 10.8. The van der Waals surface area contributed by atoms with Crippen molar-refractivity contribution in [3.63, 3.8) is 0 Å². The van der Waals surface area contributed by atoms with Gasteiger partial charge in [0.2, 0.25) is 0 Å². The standard InChI is InChI=1S/C12H17N3S/c1-2-4-13-10(3-1)5-12-14-6-9-7-16-8-11(9)15-12/h6,10,13H,1-5,7-8H2. The maximum Gasteiger partial charge on any atom is 0.130 e. The first-order valence-corrected chi connectivity index (χ1v) is 7.22. The lowest BCUT2D eigenvalue weighted by atomic mass is 10.0. The maximum absolute atomic E-state index is 4.68. The molecule has 0 amide bonds. The lowest BCUT2D eigenvalue weighted by Crippen LogP contribution is -2.36. The van der Waals surface area contributed by atoms with Crippen LogP contribution in [-0.2, 0) is 17.9 Å². The molecule has 0 aliphatic carbocycles. The maximum atomic E-state index is 4.68. The normalized spacial score (nSPS) is 24.4. The number of hydrogen-bond acceptors (Lipinski definition) is 4. The van der Waals surface area contributed by atoms with E-state index in [4.69, 9.17) is 0 Å². The second-order valence-corrected chi connectivity index (χ2v) is 5.59. The fraction of sp³-hybridized carbons (Fsp3) is 0.667. The van der Waals surface area contributed by atoms with Gasteiger partial charge >= 0.3 is 0 Å². The summed E-state index contributed by atoms with van der Waals surface area (Å²) in [6, 6.07) is 0.598. The summed E-state index contributed by atoms with van der Waals surface area (Å²) in [4.78, 5) is 9.16. The van der Waals surface area contributed by atoms with Crippen LogP contribution >= 0.6 is 11.8 Å². The Morgan fingerprint density at radius 1 is 1.38 bits per heavy atom. The van der Waals surface area contributed by atoms with E-state index in [2.05, 4.69) is 15.3 Å². The number of thioether (sulfide) groups is 1. The molecule has 0 radical (unpaired) electrons. The van der Waals surface area contributed by atoms with Crippen molar-refractivity contribution in [2.24, 2.45) is 0 Å². The average Bonchev–Trinajstić information content (AvgIpc) is 2.77. The number of hydrogen-bond donors (Lipinski definition) is 1. The Hall–Kier alpha value is -0.610. The summed E-state index contributed by atoms with van der Waals surface area (Å²) in [7, 11) is 0. The first kappa shape index (κ1) is 10.5. The highest BCUT2D eigenvalue weighted by atomic mass is 32.2. The summed E-state index contributed by atoms with van der Waals surface area (Å²) in [5, 5.41) is 3.55. The Labute approximate surface area is 100 Å². The Morgan fingerprint density at radius 2 is 2.38 bits per heavy atom. The van der Waals surface area contributed by atoms with Crippen molar-refractivity contribution in [2.45, 2.75) is 43.2 Å². The summed E-state index contributed by atoms with van der Waals surface area (Å²) < 4.78 is 0. The van der Waals surface area contributed by atoms with Gasteiger partial charge in [-0.25, -0.2) is 9.97 Å². The van der Waals surface area contributed by atoms with Gasteiger partial charge in [-0.05, 0) is 19.4 Å². The lowest BCUT2D eigenvalue weighted by Gasteiger charge is -2.22. The molecular formula is C12H17N3S. The van der Waals surface area contributed by atoms with Gasteiger partial charge in [0.1, 0.15) is 5.82 Å². The molecule has 1 N–H and O–H groups in total. The van der Waals surface area contributed by atoms with Crippen molar-refractivity contribution in [1.29, 1.82) is 0 Å². The predicted octanol–water partition coefficient (Wildman–Crippen LogP) is 1.91. The van der Waals surface area contributed by atoms with Gasteiger partial charge in [0.05, 0.1) is 5.69 Å². The third-order valence-corrected chi connectivity index (χ3v) is 4.33. The van der Waals surface area contributed by atoms with E-state index in [-0.39, 0.29) is 0 Å². The fourth-order valence-electron chi connectivity index (χ4n) is 2.40. The second-order valence-electron chi connectivity index (χ2n) is 4.60. The fourth-order valence-corrected chi connectivity index (χ4v) is 3.41. The van der Waals surface area contributed by atoms with Crippen LogP contribution in [0.15, 0.2) is 6.20 Å². The Balaban J connectivity index is 1.69. The highest BCUT2D eigenvalue weighted by molar-refractivity contribution is 7.98. The third kappa shape index (κ3) is 2.23. The van der Waals surface area contributed by atoms with Crippen molar-refractivity contribution in [3.8, 4) is 0 Å². The first-order valence-electron chi connectivity index (χ1n) is 6.06. The summed E-state index contributed by atoms with van der Waals surface area (Å²) in [5.41, 5.74) is 2.61. The van der Waals surface area contributed by atoms with Crippen LogP contribution in [0.4, 0.5) is 0 Å². The molecule has 1 saturated heterocycles. The van der Waals surface area contributed by atoms with Gasteiger partial charge in [-0.2, -0.15) is 11.8 Å². The molecule has 0 aromatic carbocycles. The van der Waals surface area contributed by atoms with E-state index in [1.807, 2.05) is 18.0 Å². The minimum atomic E-state index is 0.598. The van der Waals surface area contributed by atoms with E-state index in [1.54, 1.807) is 0 Å². The summed E-state index contributed by atoms with van der Waals surface area (Å²) in [6.07, 6.45) is 6.96. The highest BCUT2D eigenvalue weighted by Gasteiger charge is 2.17. The molecule has 1 fully saturated rings. The molecule has 86 valence electrons. The number of aromatic nitrogens is 2. The topological polar surface area (TPSA) is 37.8 Å². The molecule has 1 unspecified atom stereocenters. The van der Waals surface area contributed by atoms with Crippen LogP contribution < -0.4 is 5.32 Å². The van der Waals surface area contributed by atoms with Gasteiger partial charge in [-0.3, -0.25) is 0 Å². The van der Waals surface area contributed by atoms with Gasteiger partial charge < -0.3 is 5.32 Å². The van der Waals surface area contributed by atoms with Crippen molar-refractivity contribution in [3.05, 3.63) is 23.3 Å². The molecule has 16 heavy (non-hydrogen) atoms. The van der Waals surface area contributed by atoms with Crippen molar-refractivity contribution in [1.82, 2.24) is 15.3 Å². The van der Waals surface area contributed by atoms with Crippen LogP contribution in [0.5, 0.6) is 0 Å². The summed E-state index contributed by atoms with van der Waals surface area (Å²) in [5.74, 6) is 3.20. The molecule has 0 saturated carbocycles. The molecule has 4 heteroatoms. The first-order chi connectivity index (χ1) is 7.92. The zero-order valence-electron chi connectivity index (χ0n) is 9.41. The van der Waals surface area contributed by atoms with E-state index in [9.17, 15) is 0 Å². The molecule has 3 rings (SSSR count). The zero-order valence-corrected chi connectivity index (χ0v) is 10.2. The minimum Gasteiger partial charge on any atom is -0.314 e. The smallest absolute Gasteiger partial charge is 0.130 e. The van der Waals surface area contributed by atoms with Gasteiger partial charge in [-0.1, -0.05) is 6.42 Å². The second kappa shape index (κ2) is 4.72. The molecule has 0 spiro atoms. The molecular weight excluding hydrogens is 218 g/mol.